The second-order valence-corrected chi connectivity index (χ2v) is 3.87. The summed E-state index contributed by atoms with van der Waals surface area (Å²) in [4.78, 5) is 10.6. The number of hydrogen-bond donors (Lipinski definition) is 2. The zero-order valence-corrected chi connectivity index (χ0v) is 11.7. The van der Waals surface area contributed by atoms with E-state index in [0.717, 1.165) is 11.1 Å². The van der Waals surface area contributed by atoms with E-state index in [2.05, 4.69) is 17.1 Å². The molecule has 0 aliphatic carbocycles. The van der Waals surface area contributed by atoms with Crippen LogP contribution in [0, 0.1) is 0 Å². The average molecular weight is 277 g/mol. The summed E-state index contributed by atoms with van der Waals surface area (Å²) in [6.07, 6.45) is 3.89. The smallest absolute Gasteiger partial charge is 0.332 e. The van der Waals surface area contributed by atoms with Gasteiger partial charge in [0, 0.05) is 5.56 Å². The molecule has 0 saturated heterocycles. The molecule has 0 heterocycles. The van der Waals surface area contributed by atoms with Gasteiger partial charge in [0.1, 0.15) is 0 Å². The second kappa shape index (κ2) is 7.83. The minimum Gasteiger partial charge on any atom is -0.493 e. The van der Waals surface area contributed by atoms with Crippen LogP contribution in [0.4, 0.5) is 4.79 Å². The van der Waals surface area contributed by atoms with Crippen LogP contribution in [0.1, 0.15) is 18.1 Å². The van der Waals surface area contributed by atoms with Crippen LogP contribution in [0.15, 0.2) is 29.9 Å². The molecular weight excluding hydrogens is 258 g/mol. The van der Waals surface area contributed by atoms with Gasteiger partial charge in [-0.2, -0.15) is 5.10 Å². The molecule has 3 N–H and O–H groups in total. The van der Waals surface area contributed by atoms with E-state index >= 15 is 0 Å². The van der Waals surface area contributed by atoms with Gasteiger partial charge in [0.15, 0.2) is 11.5 Å². The van der Waals surface area contributed by atoms with Crippen LogP contribution < -0.4 is 20.6 Å². The molecule has 1 rings (SSSR count). The Morgan fingerprint density at radius 3 is 2.85 bits per heavy atom. The lowest BCUT2D eigenvalue weighted by molar-refractivity contribution is 0.249. The zero-order chi connectivity index (χ0) is 15.0. The molecule has 1 aromatic carbocycles. The van der Waals surface area contributed by atoms with E-state index in [-0.39, 0.29) is 0 Å². The number of amides is 2. The van der Waals surface area contributed by atoms with Crippen molar-refractivity contribution in [1.29, 1.82) is 0 Å². The molecule has 108 valence electrons. The molecular formula is C14H19N3O3. The van der Waals surface area contributed by atoms with Crippen molar-refractivity contribution in [3.8, 4) is 11.5 Å². The Labute approximate surface area is 118 Å². The number of carbonyl (C=O) groups excluding carboxylic acids is 1. The Hall–Kier alpha value is -2.50. The van der Waals surface area contributed by atoms with Crippen LogP contribution in [0.3, 0.4) is 0 Å². The largest absolute Gasteiger partial charge is 0.493 e. The van der Waals surface area contributed by atoms with Gasteiger partial charge in [-0.15, -0.1) is 6.58 Å². The normalized spacial score (nSPS) is 10.3. The van der Waals surface area contributed by atoms with E-state index < -0.39 is 6.03 Å². The summed E-state index contributed by atoms with van der Waals surface area (Å²) in [6.45, 7) is 6.17. The van der Waals surface area contributed by atoms with Gasteiger partial charge in [-0.05, 0) is 31.0 Å². The lowest BCUT2D eigenvalue weighted by atomic mass is 10.1. The van der Waals surface area contributed by atoms with Crippen molar-refractivity contribution in [3.63, 3.8) is 0 Å². The molecule has 0 spiro atoms. The molecule has 0 atom stereocenters. The number of rotatable bonds is 7. The molecule has 0 saturated carbocycles. The molecule has 20 heavy (non-hydrogen) atoms. The summed E-state index contributed by atoms with van der Waals surface area (Å²) in [7, 11) is 1.57. The number of carbonyl (C=O) groups is 1. The van der Waals surface area contributed by atoms with Gasteiger partial charge in [0.2, 0.25) is 0 Å². The van der Waals surface area contributed by atoms with E-state index in [4.69, 9.17) is 15.2 Å². The van der Waals surface area contributed by atoms with Crippen molar-refractivity contribution in [2.75, 3.05) is 13.7 Å². The zero-order valence-electron chi connectivity index (χ0n) is 11.7. The van der Waals surface area contributed by atoms with Gasteiger partial charge in [-0.1, -0.05) is 6.08 Å². The van der Waals surface area contributed by atoms with Gasteiger partial charge in [-0.25, -0.2) is 10.2 Å². The van der Waals surface area contributed by atoms with Gasteiger partial charge in [-0.3, -0.25) is 0 Å². The predicted molar refractivity (Wildman–Crippen MR) is 78.4 cm³/mol. The van der Waals surface area contributed by atoms with E-state index in [0.29, 0.717) is 24.5 Å². The van der Waals surface area contributed by atoms with Crippen molar-refractivity contribution in [1.82, 2.24) is 5.43 Å². The highest BCUT2D eigenvalue weighted by molar-refractivity contribution is 5.83. The summed E-state index contributed by atoms with van der Waals surface area (Å²) >= 11 is 0. The molecule has 0 bridgehead atoms. The van der Waals surface area contributed by atoms with Crippen molar-refractivity contribution >= 4 is 12.2 Å². The number of benzene rings is 1. The topological polar surface area (TPSA) is 85.9 Å². The second-order valence-electron chi connectivity index (χ2n) is 3.87. The first kappa shape index (κ1) is 15.6. The Kier molecular flexibility index (Phi) is 6.09. The van der Waals surface area contributed by atoms with Crippen molar-refractivity contribution < 1.29 is 14.3 Å². The fourth-order valence-corrected chi connectivity index (χ4v) is 1.70. The Bertz CT molecular complexity index is 513. The van der Waals surface area contributed by atoms with Gasteiger partial charge < -0.3 is 15.2 Å². The molecule has 0 aromatic heterocycles. The third kappa shape index (κ3) is 4.31. The number of primary amides is 1. The van der Waals surface area contributed by atoms with Crippen LogP contribution in [0.2, 0.25) is 0 Å². The SMILES string of the molecule is C=CCc1cc(C=NNC(N)=O)cc(OC)c1OCC. The first-order valence-electron chi connectivity index (χ1n) is 6.15. The highest BCUT2D eigenvalue weighted by Crippen LogP contribution is 2.33. The number of methoxy groups -OCH3 is 1. The number of allylic oxidation sites excluding steroid dienone is 1. The molecule has 0 aliphatic heterocycles. The Balaban J connectivity index is 3.14. The lowest BCUT2D eigenvalue weighted by Gasteiger charge is -2.14. The highest BCUT2D eigenvalue weighted by atomic mass is 16.5. The van der Waals surface area contributed by atoms with Crippen LogP contribution in [-0.4, -0.2) is 26.0 Å². The lowest BCUT2D eigenvalue weighted by Crippen LogP contribution is -2.24. The fraction of sp³-hybridized carbons (Fsp3) is 0.286. The minimum atomic E-state index is -0.717. The Morgan fingerprint density at radius 2 is 2.30 bits per heavy atom. The van der Waals surface area contributed by atoms with Crippen molar-refractivity contribution in [3.05, 3.63) is 35.9 Å². The number of nitrogens with two attached hydrogens (primary N) is 1. The molecule has 2 amide bonds. The maximum absolute atomic E-state index is 10.6. The summed E-state index contributed by atoms with van der Waals surface area (Å²) < 4.78 is 10.9. The highest BCUT2D eigenvalue weighted by Gasteiger charge is 2.11. The number of hydrogen-bond acceptors (Lipinski definition) is 4. The molecule has 0 radical (unpaired) electrons. The van der Waals surface area contributed by atoms with Gasteiger partial charge in [0.25, 0.3) is 0 Å². The van der Waals surface area contributed by atoms with Crippen molar-refractivity contribution in [2.45, 2.75) is 13.3 Å². The quantitative estimate of drug-likeness (QED) is 0.453. The first-order chi connectivity index (χ1) is 9.62. The van der Waals surface area contributed by atoms with Gasteiger partial charge in [0.05, 0.1) is 19.9 Å². The fourth-order valence-electron chi connectivity index (χ4n) is 1.70. The molecule has 6 nitrogen and oxygen atoms in total. The van der Waals surface area contributed by atoms with Crippen molar-refractivity contribution in [2.24, 2.45) is 10.8 Å². The number of nitrogens with one attached hydrogen (secondary N) is 1. The standard InChI is InChI=1S/C14H19N3O3/c1-4-6-11-7-10(9-16-17-14(15)18)8-12(19-3)13(11)20-5-2/h4,7-9H,1,5-6H2,2-3H3,(H3,15,17,18). The monoisotopic (exact) mass is 277 g/mol. The molecule has 0 unspecified atom stereocenters. The summed E-state index contributed by atoms with van der Waals surface area (Å²) in [5.41, 5.74) is 8.76. The first-order valence-corrected chi connectivity index (χ1v) is 6.15. The Morgan fingerprint density at radius 1 is 1.55 bits per heavy atom. The number of hydrazone groups is 1. The van der Waals surface area contributed by atoms with Crippen LogP contribution in [0.5, 0.6) is 11.5 Å². The number of urea groups is 1. The summed E-state index contributed by atoms with van der Waals surface area (Å²) in [6, 6.07) is 2.94. The van der Waals surface area contributed by atoms with E-state index in [9.17, 15) is 4.79 Å². The molecule has 1 aromatic rings. The number of nitrogens with zero attached hydrogens (tertiary/aromatic N) is 1. The van der Waals surface area contributed by atoms with Crippen LogP contribution in [0.25, 0.3) is 0 Å². The van der Waals surface area contributed by atoms with E-state index in [1.54, 1.807) is 19.3 Å². The van der Waals surface area contributed by atoms with Crippen LogP contribution in [-0.2, 0) is 6.42 Å². The van der Waals surface area contributed by atoms with Gasteiger partial charge >= 0.3 is 6.03 Å². The summed E-state index contributed by atoms with van der Waals surface area (Å²) in [5.74, 6) is 1.29. The molecule has 6 heteroatoms. The van der Waals surface area contributed by atoms with Crippen LogP contribution >= 0.6 is 0 Å². The molecule has 0 fully saturated rings. The summed E-state index contributed by atoms with van der Waals surface area (Å²) in [5, 5.41) is 3.72. The third-order valence-electron chi connectivity index (χ3n) is 2.42. The molecule has 0 aliphatic rings. The van der Waals surface area contributed by atoms with E-state index in [1.807, 2.05) is 13.0 Å². The predicted octanol–water partition coefficient (Wildman–Crippen LogP) is 1.82. The third-order valence-corrected chi connectivity index (χ3v) is 2.42. The average Bonchev–Trinajstić information content (AvgIpc) is 2.41. The van der Waals surface area contributed by atoms with E-state index in [1.165, 1.54) is 6.21 Å². The minimum absolute atomic E-state index is 0.539. The maximum Gasteiger partial charge on any atom is 0.332 e. The maximum atomic E-state index is 10.6. The number of ether oxygens (including phenoxy) is 2.